The number of carboxylic acid groups (broad SMARTS) is 1. The van der Waals surface area contributed by atoms with Crippen molar-refractivity contribution in [1.82, 2.24) is 5.32 Å². The summed E-state index contributed by atoms with van der Waals surface area (Å²) >= 11 is 0. The largest absolute Gasteiger partial charge is 0.497 e. The lowest BCUT2D eigenvalue weighted by atomic mass is 10.1. The van der Waals surface area contributed by atoms with E-state index in [2.05, 4.69) is 5.32 Å². The summed E-state index contributed by atoms with van der Waals surface area (Å²) < 4.78 is 10.3. The fraction of sp³-hybridized carbons (Fsp3) is 0.385. The number of carboxylic acids is 1. The van der Waals surface area contributed by atoms with Gasteiger partial charge in [0, 0.05) is 6.07 Å². The van der Waals surface area contributed by atoms with Crippen molar-refractivity contribution in [2.75, 3.05) is 13.7 Å². The Bertz CT molecular complexity index is 470. The lowest BCUT2D eigenvalue weighted by Gasteiger charge is -2.20. The van der Waals surface area contributed by atoms with Gasteiger partial charge in [-0.1, -0.05) is 6.07 Å². The van der Waals surface area contributed by atoms with Crippen molar-refractivity contribution in [1.29, 1.82) is 0 Å². The summed E-state index contributed by atoms with van der Waals surface area (Å²) in [6.45, 7) is 2.54. The summed E-state index contributed by atoms with van der Waals surface area (Å²) in [5.74, 6) is -0.524. The van der Waals surface area contributed by atoms with Gasteiger partial charge >= 0.3 is 5.97 Å². The standard InChI is InChI=1S/C13H17NO5/c1-13(2,12(16)17)14-11(15)8-19-10-6-4-5-9(7-10)18-3/h4-7H,8H2,1-3H3,(H,14,15)(H,16,17). The zero-order chi connectivity index (χ0) is 14.5. The number of hydrogen-bond acceptors (Lipinski definition) is 4. The van der Waals surface area contributed by atoms with Gasteiger partial charge in [-0.2, -0.15) is 0 Å². The van der Waals surface area contributed by atoms with Crippen LogP contribution in [0, 0.1) is 0 Å². The van der Waals surface area contributed by atoms with E-state index in [4.69, 9.17) is 14.6 Å². The van der Waals surface area contributed by atoms with Crippen molar-refractivity contribution < 1.29 is 24.2 Å². The number of methoxy groups -OCH3 is 1. The molecule has 1 aromatic carbocycles. The van der Waals surface area contributed by atoms with E-state index < -0.39 is 17.4 Å². The predicted molar refractivity (Wildman–Crippen MR) is 68.3 cm³/mol. The summed E-state index contributed by atoms with van der Waals surface area (Å²) in [4.78, 5) is 22.4. The summed E-state index contributed by atoms with van der Waals surface area (Å²) in [5, 5.41) is 11.2. The van der Waals surface area contributed by atoms with E-state index in [0.29, 0.717) is 11.5 Å². The Morgan fingerprint density at radius 2 is 1.95 bits per heavy atom. The lowest BCUT2D eigenvalue weighted by Crippen LogP contribution is -2.51. The average molecular weight is 267 g/mol. The van der Waals surface area contributed by atoms with E-state index in [9.17, 15) is 9.59 Å². The van der Waals surface area contributed by atoms with Gasteiger partial charge in [-0.25, -0.2) is 4.79 Å². The number of nitrogens with one attached hydrogen (secondary N) is 1. The van der Waals surface area contributed by atoms with Gasteiger partial charge in [-0.3, -0.25) is 4.79 Å². The van der Waals surface area contributed by atoms with E-state index in [-0.39, 0.29) is 6.61 Å². The van der Waals surface area contributed by atoms with Gasteiger partial charge in [-0.05, 0) is 26.0 Å². The minimum absolute atomic E-state index is 0.260. The summed E-state index contributed by atoms with van der Waals surface area (Å²) in [6.07, 6.45) is 0. The first-order valence-corrected chi connectivity index (χ1v) is 5.66. The van der Waals surface area contributed by atoms with Crippen LogP contribution in [-0.4, -0.2) is 36.2 Å². The molecule has 2 N–H and O–H groups in total. The third-order valence-corrected chi connectivity index (χ3v) is 2.40. The smallest absolute Gasteiger partial charge is 0.328 e. The number of amides is 1. The molecule has 6 heteroatoms. The van der Waals surface area contributed by atoms with Crippen LogP contribution in [0.4, 0.5) is 0 Å². The van der Waals surface area contributed by atoms with E-state index in [1.54, 1.807) is 24.3 Å². The molecule has 1 aromatic rings. The fourth-order valence-electron chi connectivity index (χ4n) is 1.28. The first-order valence-electron chi connectivity index (χ1n) is 5.66. The molecule has 0 aromatic heterocycles. The molecule has 0 atom stereocenters. The zero-order valence-electron chi connectivity index (χ0n) is 11.1. The second-order valence-electron chi connectivity index (χ2n) is 4.45. The van der Waals surface area contributed by atoms with Crippen LogP contribution in [0.1, 0.15) is 13.8 Å². The Hall–Kier alpha value is -2.24. The first-order chi connectivity index (χ1) is 8.85. The third-order valence-electron chi connectivity index (χ3n) is 2.40. The van der Waals surface area contributed by atoms with E-state index in [0.717, 1.165) is 0 Å². The van der Waals surface area contributed by atoms with Crippen LogP contribution >= 0.6 is 0 Å². The number of carbonyl (C=O) groups is 2. The summed E-state index contributed by atoms with van der Waals surface area (Å²) in [5.41, 5.74) is -1.32. The third kappa shape index (κ3) is 4.50. The summed E-state index contributed by atoms with van der Waals surface area (Å²) in [7, 11) is 1.53. The van der Waals surface area contributed by atoms with Gasteiger partial charge < -0.3 is 19.9 Å². The van der Waals surface area contributed by atoms with Crippen LogP contribution in [0.2, 0.25) is 0 Å². The maximum Gasteiger partial charge on any atom is 0.328 e. The molecule has 0 unspecified atom stereocenters. The number of benzene rings is 1. The molecule has 1 amide bonds. The Labute approximate surface area is 111 Å². The SMILES string of the molecule is COc1cccc(OCC(=O)NC(C)(C)C(=O)O)c1. The van der Waals surface area contributed by atoms with Crippen LogP contribution in [0.3, 0.4) is 0 Å². The molecule has 0 saturated carbocycles. The first kappa shape index (κ1) is 14.8. The number of hydrogen-bond donors (Lipinski definition) is 2. The fourth-order valence-corrected chi connectivity index (χ4v) is 1.28. The van der Waals surface area contributed by atoms with Gasteiger partial charge in [0.25, 0.3) is 5.91 Å². The van der Waals surface area contributed by atoms with Gasteiger partial charge in [0.2, 0.25) is 0 Å². The minimum atomic E-state index is -1.32. The normalized spacial score (nSPS) is 10.7. The van der Waals surface area contributed by atoms with Crippen molar-refractivity contribution in [2.45, 2.75) is 19.4 Å². The van der Waals surface area contributed by atoms with E-state index in [1.165, 1.54) is 21.0 Å². The number of rotatable bonds is 6. The Morgan fingerprint density at radius 1 is 1.32 bits per heavy atom. The van der Waals surface area contributed by atoms with Crippen LogP contribution in [0.15, 0.2) is 24.3 Å². The van der Waals surface area contributed by atoms with Crippen molar-refractivity contribution in [3.8, 4) is 11.5 Å². The predicted octanol–water partition coefficient (Wildman–Crippen LogP) is 1.05. The molecule has 0 bridgehead atoms. The monoisotopic (exact) mass is 267 g/mol. The van der Waals surface area contributed by atoms with Crippen LogP contribution in [0.5, 0.6) is 11.5 Å². The van der Waals surface area contributed by atoms with Gasteiger partial charge in [-0.15, -0.1) is 0 Å². The molecular weight excluding hydrogens is 250 g/mol. The molecule has 0 spiro atoms. The number of ether oxygens (including phenoxy) is 2. The molecule has 0 aliphatic rings. The van der Waals surface area contributed by atoms with Crippen LogP contribution in [-0.2, 0) is 9.59 Å². The molecule has 0 radical (unpaired) electrons. The van der Waals surface area contributed by atoms with Gasteiger partial charge in [0.15, 0.2) is 6.61 Å². The van der Waals surface area contributed by atoms with Crippen molar-refractivity contribution in [2.24, 2.45) is 0 Å². The maximum atomic E-state index is 11.6. The highest BCUT2D eigenvalue weighted by atomic mass is 16.5. The van der Waals surface area contributed by atoms with E-state index >= 15 is 0 Å². The minimum Gasteiger partial charge on any atom is -0.497 e. The number of aliphatic carboxylic acids is 1. The van der Waals surface area contributed by atoms with Crippen LogP contribution < -0.4 is 14.8 Å². The molecular formula is C13H17NO5. The molecule has 0 heterocycles. The molecule has 104 valence electrons. The second kappa shape index (κ2) is 6.08. The Balaban J connectivity index is 2.52. The topological polar surface area (TPSA) is 84.9 Å². The quantitative estimate of drug-likeness (QED) is 0.804. The molecule has 0 aliphatic carbocycles. The average Bonchev–Trinajstić information content (AvgIpc) is 2.36. The molecule has 0 saturated heterocycles. The van der Waals surface area contributed by atoms with E-state index in [1.807, 2.05) is 0 Å². The molecule has 1 rings (SSSR count). The molecule has 0 fully saturated rings. The van der Waals surface area contributed by atoms with Crippen molar-refractivity contribution in [3.05, 3.63) is 24.3 Å². The molecule has 0 aliphatic heterocycles. The maximum absolute atomic E-state index is 11.6. The summed E-state index contributed by atoms with van der Waals surface area (Å²) in [6, 6.07) is 6.79. The highest BCUT2D eigenvalue weighted by molar-refractivity contribution is 5.86. The van der Waals surface area contributed by atoms with Crippen molar-refractivity contribution >= 4 is 11.9 Å². The molecule has 6 nitrogen and oxygen atoms in total. The number of carbonyl (C=O) groups excluding carboxylic acids is 1. The Morgan fingerprint density at radius 3 is 2.53 bits per heavy atom. The highest BCUT2D eigenvalue weighted by Gasteiger charge is 2.28. The second-order valence-corrected chi connectivity index (χ2v) is 4.45. The van der Waals surface area contributed by atoms with Gasteiger partial charge in [0.05, 0.1) is 7.11 Å². The lowest BCUT2D eigenvalue weighted by molar-refractivity contribution is -0.146. The van der Waals surface area contributed by atoms with Gasteiger partial charge in [0.1, 0.15) is 17.0 Å². The van der Waals surface area contributed by atoms with Crippen molar-refractivity contribution in [3.63, 3.8) is 0 Å². The highest BCUT2D eigenvalue weighted by Crippen LogP contribution is 2.18. The van der Waals surface area contributed by atoms with Crippen LogP contribution in [0.25, 0.3) is 0 Å². The zero-order valence-corrected chi connectivity index (χ0v) is 11.1. The molecule has 19 heavy (non-hydrogen) atoms. The Kier molecular flexibility index (Phi) is 4.74.